The number of halogens is 2. The van der Waals surface area contributed by atoms with Crippen molar-refractivity contribution in [3.63, 3.8) is 0 Å². The Labute approximate surface area is 207 Å². The third-order valence-electron chi connectivity index (χ3n) is 5.05. The smallest absolute Gasteiger partial charge is 0.410 e. The predicted octanol–water partition coefficient (Wildman–Crippen LogP) is 3.50. The van der Waals surface area contributed by atoms with Crippen molar-refractivity contribution in [2.75, 3.05) is 38.1 Å². The number of amides is 1. The number of guanidine groups is 1. The number of anilines is 1. The number of carbonyl (C=O) groups is 1. The van der Waals surface area contributed by atoms with Crippen LogP contribution in [0.15, 0.2) is 23.3 Å². The van der Waals surface area contributed by atoms with Crippen LogP contribution < -0.4 is 15.5 Å². The predicted molar refractivity (Wildman–Crippen MR) is 136 cm³/mol. The van der Waals surface area contributed by atoms with Gasteiger partial charge in [-0.25, -0.2) is 9.78 Å². The number of carbonyl (C=O) groups excluding carboxylic acids is 1. The molecule has 174 valence electrons. The first-order valence-corrected chi connectivity index (χ1v) is 11.0. The van der Waals surface area contributed by atoms with E-state index in [0.29, 0.717) is 24.2 Å². The lowest BCUT2D eigenvalue weighted by atomic mass is 10.2. The van der Waals surface area contributed by atoms with Crippen LogP contribution in [0.25, 0.3) is 0 Å². The second-order valence-electron chi connectivity index (χ2n) is 8.79. The lowest BCUT2D eigenvalue weighted by molar-refractivity contribution is 0.0238. The van der Waals surface area contributed by atoms with Crippen LogP contribution in [0.5, 0.6) is 0 Å². The summed E-state index contributed by atoms with van der Waals surface area (Å²) in [4.78, 5) is 25.2. The first-order valence-electron chi connectivity index (χ1n) is 10.6. The van der Waals surface area contributed by atoms with Crippen LogP contribution in [-0.2, 0) is 4.74 Å². The van der Waals surface area contributed by atoms with Crippen molar-refractivity contribution in [2.45, 2.75) is 57.7 Å². The Bertz CT molecular complexity index is 768. The van der Waals surface area contributed by atoms with Gasteiger partial charge in [0.2, 0.25) is 0 Å². The van der Waals surface area contributed by atoms with Crippen molar-refractivity contribution in [1.29, 1.82) is 0 Å². The van der Waals surface area contributed by atoms with Gasteiger partial charge in [-0.2, -0.15) is 0 Å². The number of aromatic nitrogens is 1. The molecule has 0 spiro atoms. The number of ether oxygens (including phenoxy) is 1. The molecule has 2 fully saturated rings. The van der Waals surface area contributed by atoms with E-state index in [0.717, 1.165) is 44.1 Å². The van der Waals surface area contributed by atoms with Gasteiger partial charge in [0.25, 0.3) is 0 Å². The highest BCUT2D eigenvalue weighted by atomic mass is 127. The summed E-state index contributed by atoms with van der Waals surface area (Å²) in [5.41, 5.74) is -0.486. The Morgan fingerprint density at radius 1 is 1.39 bits per heavy atom. The second-order valence-corrected chi connectivity index (χ2v) is 9.20. The number of nitrogens with zero attached hydrogens (tertiary/aromatic N) is 4. The van der Waals surface area contributed by atoms with Crippen LogP contribution >= 0.6 is 35.6 Å². The molecule has 1 unspecified atom stereocenters. The number of hydrogen-bond donors (Lipinski definition) is 2. The molecule has 1 atom stereocenters. The maximum Gasteiger partial charge on any atom is 0.410 e. The molecule has 2 aliphatic rings. The van der Waals surface area contributed by atoms with Gasteiger partial charge in [-0.05, 0) is 52.2 Å². The fraction of sp³-hybridized carbons (Fsp3) is 0.667. The van der Waals surface area contributed by atoms with Gasteiger partial charge in [-0.1, -0.05) is 11.6 Å². The third kappa shape index (κ3) is 7.85. The van der Waals surface area contributed by atoms with E-state index in [1.54, 1.807) is 13.2 Å². The van der Waals surface area contributed by atoms with E-state index in [-0.39, 0.29) is 36.1 Å². The Balaban J connectivity index is 0.00000341. The number of aliphatic imine (C=N–C) groups is 1. The van der Waals surface area contributed by atoms with Gasteiger partial charge in [-0.15, -0.1) is 24.0 Å². The van der Waals surface area contributed by atoms with Gasteiger partial charge in [0, 0.05) is 51.5 Å². The fourth-order valence-corrected chi connectivity index (χ4v) is 3.73. The summed E-state index contributed by atoms with van der Waals surface area (Å²) in [6, 6.07) is 4.25. The zero-order valence-electron chi connectivity index (χ0n) is 18.7. The summed E-state index contributed by atoms with van der Waals surface area (Å²) < 4.78 is 5.55. The Morgan fingerprint density at radius 3 is 2.74 bits per heavy atom. The van der Waals surface area contributed by atoms with Crippen LogP contribution in [0, 0.1) is 0 Å². The van der Waals surface area contributed by atoms with E-state index in [4.69, 9.17) is 16.3 Å². The van der Waals surface area contributed by atoms with Crippen LogP contribution in [0.4, 0.5) is 10.6 Å². The molecular formula is C21H34ClIN6O2. The Morgan fingerprint density at radius 2 is 2.13 bits per heavy atom. The van der Waals surface area contributed by atoms with E-state index >= 15 is 0 Å². The van der Waals surface area contributed by atoms with Crippen molar-refractivity contribution in [1.82, 2.24) is 20.5 Å². The van der Waals surface area contributed by atoms with Gasteiger partial charge in [0.15, 0.2) is 5.96 Å². The normalized spacial score (nSPS) is 18.9. The molecule has 2 heterocycles. The first-order chi connectivity index (χ1) is 14.3. The molecule has 1 amide bonds. The molecule has 0 radical (unpaired) electrons. The van der Waals surface area contributed by atoms with Crippen molar-refractivity contribution in [3.05, 3.63) is 23.4 Å². The molecule has 1 aliphatic carbocycles. The van der Waals surface area contributed by atoms with E-state index in [2.05, 4.69) is 25.5 Å². The molecule has 1 aromatic heterocycles. The van der Waals surface area contributed by atoms with Crippen LogP contribution in [-0.4, -0.2) is 72.8 Å². The van der Waals surface area contributed by atoms with Crippen molar-refractivity contribution >= 4 is 53.4 Å². The summed E-state index contributed by atoms with van der Waals surface area (Å²) in [5, 5.41) is 7.45. The zero-order chi connectivity index (χ0) is 21.7. The molecule has 2 N–H and O–H groups in total. The van der Waals surface area contributed by atoms with Gasteiger partial charge < -0.3 is 25.2 Å². The van der Waals surface area contributed by atoms with Gasteiger partial charge in [0.05, 0.1) is 5.02 Å². The monoisotopic (exact) mass is 564 g/mol. The van der Waals surface area contributed by atoms with E-state index < -0.39 is 5.60 Å². The number of pyridine rings is 1. The number of rotatable bonds is 6. The van der Waals surface area contributed by atoms with Crippen LogP contribution in [0.1, 0.15) is 40.0 Å². The molecule has 1 aliphatic heterocycles. The Hall–Kier alpha value is -1.49. The van der Waals surface area contributed by atoms with Crippen LogP contribution in [0.3, 0.4) is 0 Å². The molecular weight excluding hydrogens is 531 g/mol. The molecule has 3 rings (SSSR count). The largest absolute Gasteiger partial charge is 0.444 e. The maximum atomic E-state index is 12.5. The van der Waals surface area contributed by atoms with E-state index in [1.165, 1.54) is 0 Å². The molecule has 1 aromatic rings. The average molecular weight is 565 g/mol. The summed E-state index contributed by atoms with van der Waals surface area (Å²) >= 11 is 6.28. The summed E-state index contributed by atoms with van der Waals surface area (Å²) in [7, 11) is 1.75. The van der Waals surface area contributed by atoms with Gasteiger partial charge in [-0.3, -0.25) is 4.99 Å². The van der Waals surface area contributed by atoms with Crippen molar-refractivity contribution in [2.24, 2.45) is 4.99 Å². The highest BCUT2D eigenvalue weighted by Crippen LogP contribution is 2.28. The lowest BCUT2D eigenvalue weighted by Gasteiger charge is -2.28. The van der Waals surface area contributed by atoms with Crippen LogP contribution in [0.2, 0.25) is 5.02 Å². The summed E-state index contributed by atoms with van der Waals surface area (Å²) in [5.74, 6) is 1.55. The van der Waals surface area contributed by atoms with Gasteiger partial charge in [0.1, 0.15) is 11.4 Å². The van der Waals surface area contributed by atoms with Gasteiger partial charge >= 0.3 is 6.09 Å². The molecule has 31 heavy (non-hydrogen) atoms. The molecule has 1 saturated heterocycles. The molecule has 10 heteroatoms. The quantitative estimate of drug-likeness (QED) is 0.313. The standard InChI is InChI=1S/C21H33ClN6O2.HI/c1-21(2,3)30-20(29)28(16-7-8-16)13-11-25-19(23-4)26-15-9-12-27(14-15)18-17(22)6-5-10-24-18;/h5-6,10,15-16H,7-9,11-14H2,1-4H3,(H2,23,25,26);1H. The minimum atomic E-state index is -0.486. The summed E-state index contributed by atoms with van der Waals surface area (Å²) in [6.45, 7) is 8.57. The fourth-order valence-electron chi connectivity index (χ4n) is 3.49. The zero-order valence-corrected chi connectivity index (χ0v) is 21.8. The molecule has 8 nitrogen and oxygen atoms in total. The maximum absolute atomic E-state index is 12.5. The average Bonchev–Trinajstić information content (AvgIpc) is 3.41. The number of nitrogens with one attached hydrogen (secondary N) is 2. The van der Waals surface area contributed by atoms with E-state index in [1.807, 2.05) is 37.8 Å². The lowest BCUT2D eigenvalue weighted by Crippen LogP contribution is -2.48. The molecule has 1 saturated carbocycles. The molecule has 0 aromatic carbocycles. The summed E-state index contributed by atoms with van der Waals surface area (Å²) in [6.07, 6.45) is 4.58. The minimum Gasteiger partial charge on any atom is -0.444 e. The van der Waals surface area contributed by atoms with Crippen molar-refractivity contribution in [3.8, 4) is 0 Å². The van der Waals surface area contributed by atoms with Crippen molar-refractivity contribution < 1.29 is 9.53 Å². The topological polar surface area (TPSA) is 82.1 Å². The first kappa shape index (κ1) is 25.8. The number of hydrogen-bond acceptors (Lipinski definition) is 5. The van der Waals surface area contributed by atoms with E-state index in [9.17, 15) is 4.79 Å². The molecule has 0 bridgehead atoms. The highest BCUT2D eigenvalue weighted by Gasteiger charge is 2.35. The highest BCUT2D eigenvalue weighted by molar-refractivity contribution is 14.0. The minimum absolute atomic E-state index is 0. The Kier molecular flexibility index (Phi) is 9.47. The third-order valence-corrected chi connectivity index (χ3v) is 5.35. The second kappa shape index (κ2) is 11.4. The SMILES string of the molecule is CN=C(NCCN(C(=O)OC(C)(C)C)C1CC1)NC1CCN(c2ncccc2Cl)C1.I.